The monoisotopic (exact) mass is 247 g/mol. The summed E-state index contributed by atoms with van der Waals surface area (Å²) in [4.78, 5) is 0. The zero-order valence-corrected chi connectivity index (χ0v) is 11.1. The normalized spacial score (nSPS) is 11.5. The summed E-state index contributed by atoms with van der Waals surface area (Å²) in [5.41, 5.74) is 1.23. The molecule has 1 aromatic rings. The molecule has 3 heteroatoms. The first-order valence-corrected chi connectivity index (χ1v) is 6.26. The van der Waals surface area contributed by atoms with Crippen molar-refractivity contribution in [1.29, 1.82) is 0 Å². The predicted molar refractivity (Wildman–Crippen MR) is 73.6 cm³/mol. The van der Waals surface area contributed by atoms with Crippen molar-refractivity contribution >= 4 is 0 Å². The fourth-order valence-corrected chi connectivity index (χ4v) is 1.50. The highest BCUT2D eigenvalue weighted by molar-refractivity contribution is 5.28. The van der Waals surface area contributed by atoms with Gasteiger partial charge in [0.15, 0.2) is 0 Å². The van der Waals surface area contributed by atoms with Gasteiger partial charge in [-0.05, 0) is 31.0 Å². The van der Waals surface area contributed by atoms with Crippen molar-refractivity contribution in [2.24, 2.45) is 0 Å². The van der Waals surface area contributed by atoms with Crippen LogP contribution in [-0.4, -0.2) is 30.9 Å². The summed E-state index contributed by atoms with van der Waals surface area (Å²) in [6.07, 6.45) is 0.464. The maximum Gasteiger partial charge on any atom is 0.119 e. The van der Waals surface area contributed by atoms with Gasteiger partial charge in [-0.3, -0.25) is 0 Å². The third-order valence-corrected chi connectivity index (χ3v) is 2.52. The molecule has 0 aliphatic heterocycles. The third-order valence-electron chi connectivity index (χ3n) is 2.52. The molecule has 0 bridgehead atoms. The molecule has 1 rings (SSSR count). The van der Waals surface area contributed by atoms with Gasteiger partial charge in [0.05, 0.1) is 6.54 Å². The van der Waals surface area contributed by atoms with Crippen LogP contribution in [0.1, 0.15) is 19.4 Å². The second-order valence-electron chi connectivity index (χ2n) is 4.02. The zero-order valence-electron chi connectivity index (χ0n) is 11.1. The highest BCUT2D eigenvalue weighted by atomic mass is 16.5. The van der Waals surface area contributed by atoms with Crippen LogP contribution in [0.4, 0.5) is 0 Å². The van der Waals surface area contributed by atoms with Gasteiger partial charge in [-0.1, -0.05) is 25.0 Å². The summed E-state index contributed by atoms with van der Waals surface area (Å²) in [5.74, 6) is 6.47. The van der Waals surface area contributed by atoms with Crippen molar-refractivity contribution in [2.75, 3.05) is 19.7 Å². The number of hydrogen-bond acceptors (Lipinski definition) is 3. The number of aliphatic hydroxyl groups excluding tert-OH is 1. The number of hydrogen-bond donors (Lipinski definition) is 2. The Morgan fingerprint density at radius 3 is 3.00 bits per heavy atom. The van der Waals surface area contributed by atoms with Crippen molar-refractivity contribution in [3.63, 3.8) is 0 Å². The molecular weight excluding hydrogens is 226 g/mol. The standard InChI is InChI=1S/C15H21NO2/c1-3-5-9-16-11-14(17)12-18-15-8-6-7-13(4-2)10-15/h6-8,10,14,16-17H,4,9,11-12H2,1-2H3. The average molecular weight is 247 g/mol. The van der Waals surface area contributed by atoms with Crippen molar-refractivity contribution < 1.29 is 9.84 Å². The van der Waals surface area contributed by atoms with E-state index in [0.717, 1.165) is 12.2 Å². The third kappa shape index (κ3) is 5.72. The first kappa shape index (κ1) is 14.6. The molecule has 2 N–H and O–H groups in total. The molecule has 0 amide bonds. The van der Waals surface area contributed by atoms with Crippen LogP contribution in [0, 0.1) is 11.8 Å². The zero-order chi connectivity index (χ0) is 13.2. The highest BCUT2D eigenvalue weighted by Crippen LogP contribution is 2.13. The minimum absolute atomic E-state index is 0.291. The minimum Gasteiger partial charge on any atom is -0.491 e. The molecule has 98 valence electrons. The Labute approximate surface area is 109 Å². The largest absolute Gasteiger partial charge is 0.491 e. The van der Waals surface area contributed by atoms with Crippen molar-refractivity contribution in [2.45, 2.75) is 26.4 Å². The first-order valence-electron chi connectivity index (χ1n) is 6.26. The van der Waals surface area contributed by atoms with Crippen LogP contribution in [0.5, 0.6) is 5.75 Å². The molecule has 0 saturated heterocycles. The van der Waals surface area contributed by atoms with Gasteiger partial charge in [-0.25, -0.2) is 0 Å². The molecule has 0 heterocycles. The number of rotatable bonds is 7. The van der Waals surface area contributed by atoms with E-state index in [0.29, 0.717) is 19.7 Å². The molecule has 1 atom stereocenters. The quantitative estimate of drug-likeness (QED) is 0.568. The van der Waals surface area contributed by atoms with Gasteiger partial charge < -0.3 is 15.2 Å². The average Bonchev–Trinajstić information content (AvgIpc) is 2.41. The van der Waals surface area contributed by atoms with E-state index in [1.54, 1.807) is 6.92 Å². The van der Waals surface area contributed by atoms with Gasteiger partial charge in [0.1, 0.15) is 18.5 Å². The lowest BCUT2D eigenvalue weighted by Crippen LogP contribution is -2.31. The van der Waals surface area contributed by atoms with Gasteiger partial charge in [-0.2, -0.15) is 0 Å². The fourth-order valence-electron chi connectivity index (χ4n) is 1.50. The smallest absolute Gasteiger partial charge is 0.119 e. The van der Waals surface area contributed by atoms with Crippen molar-refractivity contribution in [3.05, 3.63) is 29.8 Å². The summed E-state index contributed by atoms with van der Waals surface area (Å²) in [7, 11) is 0. The molecule has 1 aromatic carbocycles. The Bertz CT molecular complexity index is 406. The summed E-state index contributed by atoms with van der Waals surface area (Å²) < 4.78 is 5.54. The summed E-state index contributed by atoms with van der Waals surface area (Å²) >= 11 is 0. The van der Waals surface area contributed by atoms with Crippen LogP contribution in [0.2, 0.25) is 0 Å². The fraction of sp³-hybridized carbons (Fsp3) is 0.467. The van der Waals surface area contributed by atoms with Crippen LogP contribution in [-0.2, 0) is 6.42 Å². The van der Waals surface area contributed by atoms with Crippen molar-refractivity contribution in [3.8, 4) is 17.6 Å². The molecule has 0 radical (unpaired) electrons. The Morgan fingerprint density at radius 2 is 2.28 bits per heavy atom. The molecule has 3 nitrogen and oxygen atoms in total. The lowest BCUT2D eigenvalue weighted by Gasteiger charge is -2.12. The number of aliphatic hydroxyl groups is 1. The van der Waals surface area contributed by atoms with Gasteiger partial charge in [0, 0.05) is 6.54 Å². The van der Waals surface area contributed by atoms with E-state index < -0.39 is 6.10 Å². The van der Waals surface area contributed by atoms with E-state index in [-0.39, 0.29) is 0 Å². The molecule has 1 unspecified atom stereocenters. The number of nitrogens with one attached hydrogen (secondary N) is 1. The summed E-state index contributed by atoms with van der Waals surface area (Å²) in [6.45, 7) is 5.27. The molecular formula is C15H21NO2. The Balaban J connectivity index is 2.27. The molecule has 0 aliphatic rings. The van der Waals surface area contributed by atoms with E-state index in [1.165, 1.54) is 5.56 Å². The Kier molecular flexibility index (Phi) is 6.93. The van der Waals surface area contributed by atoms with E-state index in [4.69, 9.17) is 4.74 Å². The van der Waals surface area contributed by atoms with Crippen LogP contribution in [0.25, 0.3) is 0 Å². The van der Waals surface area contributed by atoms with Crippen LogP contribution in [0.15, 0.2) is 24.3 Å². The SMILES string of the molecule is CC#CCNCC(O)COc1cccc(CC)c1. The minimum atomic E-state index is -0.520. The Morgan fingerprint density at radius 1 is 1.44 bits per heavy atom. The second-order valence-corrected chi connectivity index (χ2v) is 4.02. The van der Waals surface area contributed by atoms with E-state index in [2.05, 4.69) is 30.1 Å². The maximum atomic E-state index is 9.70. The van der Waals surface area contributed by atoms with Crippen LogP contribution >= 0.6 is 0 Å². The number of aryl methyl sites for hydroxylation is 1. The molecule has 0 fully saturated rings. The maximum absolute atomic E-state index is 9.70. The number of benzene rings is 1. The molecule has 0 saturated carbocycles. The van der Waals surface area contributed by atoms with Gasteiger partial charge in [0.25, 0.3) is 0 Å². The summed E-state index contributed by atoms with van der Waals surface area (Å²) in [6, 6.07) is 7.94. The molecule has 0 aliphatic carbocycles. The predicted octanol–water partition coefficient (Wildman–Crippen LogP) is 1.60. The van der Waals surface area contributed by atoms with Gasteiger partial charge in [-0.15, -0.1) is 5.92 Å². The van der Waals surface area contributed by atoms with E-state index >= 15 is 0 Å². The topological polar surface area (TPSA) is 41.5 Å². The molecule has 0 aromatic heterocycles. The summed E-state index contributed by atoms with van der Waals surface area (Å²) in [5, 5.41) is 12.7. The lowest BCUT2D eigenvalue weighted by atomic mass is 10.2. The van der Waals surface area contributed by atoms with Gasteiger partial charge in [0.2, 0.25) is 0 Å². The van der Waals surface area contributed by atoms with Gasteiger partial charge >= 0.3 is 0 Å². The van der Waals surface area contributed by atoms with Crippen LogP contribution in [0.3, 0.4) is 0 Å². The molecule has 18 heavy (non-hydrogen) atoms. The Hall–Kier alpha value is -1.50. The molecule has 0 spiro atoms. The lowest BCUT2D eigenvalue weighted by molar-refractivity contribution is 0.107. The first-order chi connectivity index (χ1) is 8.76. The van der Waals surface area contributed by atoms with E-state index in [9.17, 15) is 5.11 Å². The highest BCUT2D eigenvalue weighted by Gasteiger charge is 2.04. The number of ether oxygens (including phenoxy) is 1. The second kappa shape index (κ2) is 8.57. The van der Waals surface area contributed by atoms with E-state index in [1.807, 2.05) is 18.2 Å². The van der Waals surface area contributed by atoms with Crippen molar-refractivity contribution in [1.82, 2.24) is 5.32 Å². The van der Waals surface area contributed by atoms with Crippen LogP contribution < -0.4 is 10.1 Å².